The molecule has 11 rings (SSSR count). The van der Waals surface area contributed by atoms with E-state index in [1.807, 2.05) is 152 Å². The SMILES string of the molecule is CC.CC.CC.CC.CC.CC.CC.CC.CC.CC.CC.c1ccc(N(c2ccc3c(ccc4cc(N(c5ccccc5)c5cccc6c5-c5ccccc5C6)ccc43)c2)c2cccc3c2-c2ccccc2C3)cc1. The molecular formula is C74H102N2. The van der Waals surface area contributed by atoms with Gasteiger partial charge in [-0.05, 0) is 128 Å². The molecule has 0 saturated heterocycles. The van der Waals surface area contributed by atoms with E-state index in [1.165, 1.54) is 77.4 Å². The molecule has 9 aromatic carbocycles. The lowest BCUT2D eigenvalue weighted by Crippen LogP contribution is -2.11. The summed E-state index contributed by atoms with van der Waals surface area (Å²) in [6, 6.07) is 71.4. The minimum absolute atomic E-state index is 0.968. The first kappa shape index (κ1) is 69.1. The molecule has 0 aliphatic heterocycles. The van der Waals surface area contributed by atoms with Gasteiger partial charge >= 0.3 is 0 Å². The normalized spacial score (nSPS) is 9.61. The third-order valence-corrected chi connectivity index (χ3v) is 11.4. The molecule has 76 heavy (non-hydrogen) atoms. The molecule has 9 aromatic rings. The van der Waals surface area contributed by atoms with Crippen molar-refractivity contribution in [1.82, 2.24) is 0 Å². The lowest BCUT2D eigenvalue weighted by atomic mass is 9.98. The second kappa shape index (κ2) is 40.4. The molecule has 0 spiro atoms. The summed E-state index contributed by atoms with van der Waals surface area (Å²) in [4.78, 5) is 4.86. The zero-order chi connectivity index (χ0) is 57.6. The van der Waals surface area contributed by atoms with E-state index in [4.69, 9.17) is 0 Å². The molecule has 2 nitrogen and oxygen atoms in total. The maximum absolute atomic E-state index is 2.43. The Hall–Kier alpha value is -6.90. The van der Waals surface area contributed by atoms with Gasteiger partial charge in [-0.15, -0.1) is 0 Å². The maximum Gasteiger partial charge on any atom is 0.0543 e. The minimum atomic E-state index is 0.968. The molecule has 0 radical (unpaired) electrons. The Morgan fingerprint density at radius 1 is 0.237 bits per heavy atom. The van der Waals surface area contributed by atoms with E-state index in [1.54, 1.807) is 0 Å². The number of hydrogen-bond donors (Lipinski definition) is 0. The van der Waals surface area contributed by atoms with Gasteiger partial charge in [0.25, 0.3) is 0 Å². The average Bonchev–Trinajstić information content (AvgIpc) is 4.13. The second-order valence-electron chi connectivity index (χ2n) is 14.5. The standard InChI is InChI=1S/C52H36N2.11C2H6/c1-3-17-41(18-4-1)53(49-23-11-15-39-31-35-13-7-9-21-47(35)51(39)49)43-27-29-45-37(33-43)25-26-38-34-44(28-30-46(38)45)54(42-19-5-2-6-20-42)50-24-12-16-40-32-36-14-8-10-22-48(36)52(40)50;11*1-2/h1-30,33-34H,31-32H2;11*1-2H3. The van der Waals surface area contributed by atoms with Crippen LogP contribution in [0.4, 0.5) is 34.1 Å². The fourth-order valence-corrected chi connectivity index (χ4v) is 9.04. The first-order valence-electron chi connectivity index (χ1n) is 29.9. The molecule has 0 bridgehead atoms. The van der Waals surface area contributed by atoms with Crippen LogP contribution in [0.5, 0.6) is 0 Å². The van der Waals surface area contributed by atoms with Crippen LogP contribution in [0.1, 0.15) is 175 Å². The van der Waals surface area contributed by atoms with Crippen molar-refractivity contribution < 1.29 is 0 Å². The van der Waals surface area contributed by atoms with Crippen molar-refractivity contribution in [1.29, 1.82) is 0 Å². The van der Waals surface area contributed by atoms with Crippen LogP contribution in [0.15, 0.2) is 194 Å². The maximum atomic E-state index is 2.43. The van der Waals surface area contributed by atoms with Crippen molar-refractivity contribution in [2.45, 2.75) is 165 Å². The summed E-state index contributed by atoms with van der Waals surface area (Å²) < 4.78 is 0. The summed E-state index contributed by atoms with van der Waals surface area (Å²) in [5.74, 6) is 0. The monoisotopic (exact) mass is 1020 g/mol. The van der Waals surface area contributed by atoms with Crippen LogP contribution < -0.4 is 9.80 Å². The van der Waals surface area contributed by atoms with Crippen molar-refractivity contribution in [3.8, 4) is 22.3 Å². The summed E-state index contributed by atoms with van der Waals surface area (Å²) in [5, 5.41) is 4.94. The van der Waals surface area contributed by atoms with E-state index >= 15 is 0 Å². The highest BCUT2D eigenvalue weighted by Crippen LogP contribution is 2.49. The van der Waals surface area contributed by atoms with Crippen molar-refractivity contribution in [3.63, 3.8) is 0 Å². The lowest BCUT2D eigenvalue weighted by molar-refractivity contribution is 1.25. The molecule has 0 saturated carbocycles. The summed E-state index contributed by atoms with van der Waals surface area (Å²) >= 11 is 0. The van der Waals surface area contributed by atoms with Crippen LogP contribution in [0.2, 0.25) is 0 Å². The first-order valence-corrected chi connectivity index (χ1v) is 29.9. The van der Waals surface area contributed by atoms with Gasteiger partial charge in [-0.2, -0.15) is 0 Å². The van der Waals surface area contributed by atoms with Crippen LogP contribution in [0.25, 0.3) is 43.8 Å². The molecule has 0 heterocycles. The number of para-hydroxylation sites is 2. The minimum Gasteiger partial charge on any atom is -0.310 e. The Morgan fingerprint density at radius 3 is 0.855 bits per heavy atom. The molecule has 0 N–H and O–H groups in total. The van der Waals surface area contributed by atoms with Gasteiger partial charge in [-0.3, -0.25) is 0 Å². The zero-order valence-electron chi connectivity index (χ0n) is 51.8. The van der Waals surface area contributed by atoms with Gasteiger partial charge < -0.3 is 9.80 Å². The summed E-state index contributed by atoms with van der Waals surface area (Å²) in [6.45, 7) is 44.0. The van der Waals surface area contributed by atoms with Crippen LogP contribution in [-0.2, 0) is 12.8 Å². The largest absolute Gasteiger partial charge is 0.310 e. The molecule has 0 fully saturated rings. The van der Waals surface area contributed by atoms with E-state index in [-0.39, 0.29) is 0 Å². The van der Waals surface area contributed by atoms with Gasteiger partial charge in [0.05, 0.1) is 11.4 Å². The Kier molecular flexibility index (Phi) is 36.7. The predicted octanol–water partition coefficient (Wildman–Crippen LogP) is 25.4. The van der Waals surface area contributed by atoms with Crippen molar-refractivity contribution in [2.24, 2.45) is 0 Å². The van der Waals surface area contributed by atoms with Gasteiger partial charge in [-0.25, -0.2) is 0 Å². The summed E-state index contributed by atoms with van der Waals surface area (Å²) in [6.07, 6.45) is 1.94. The Morgan fingerprint density at radius 2 is 0.526 bits per heavy atom. The quantitative estimate of drug-likeness (QED) is 0.153. The van der Waals surface area contributed by atoms with Crippen LogP contribution in [-0.4, -0.2) is 0 Å². The number of rotatable bonds is 6. The van der Waals surface area contributed by atoms with Gasteiger partial charge in [0, 0.05) is 33.9 Å². The van der Waals surface area contributed by atoms with Crippen molar-refractivity contribution >= 4 is 55.7 Å². The van der Waals surface area contributed by atoms with Gasteiger partial charge in [-0.1, -0.05) is 286 Å². The highest BCUT2D eigenvalue weighted by molar-refractivity contribution is 6.10. The van der Waals surface area contributed by atoms with Crippen molar-refractivity contribution in [3.05, 3.63) is 216 Å². The van der Waals surface area contributed by atoms with E-state index in [0.717, 1.165) is 35.6 Å². The number of anilines is 6. The molecule has 2 aliphatic rings. The van der Waals surface area contributed by atoms with E-state index in [9.17, 15) is 0 Å². The predicted molar refractivity (Wildman–Crippen MR) is 352 cm³/mol. The third-order valence-electron chi connectivity index (χ3n) is 11.4. The number of benzene rings is 9. The zero-order valence-corrected chi connectivity index (χ0v) is 51.8. The molecule has 0 unspecified atom stereocenters. The fourth-order valence-electron chi connectivity index (χ4n) is 9.04. The summed E-state index contributed by atoms with van der Waals surface area (Å²) in [7, 11) is 0. The highest BCUT2D eigenvalue weighted by atomic mass is 15.2. The Labute approximate surface area is 466 Å². The Balaban J connectivity index is 0.00000229. The van der Waals surface area contributed by atoms with Crippen molar-refractivity contribution in [2.75, 3.05) is 9.80 Å². The third kappa shape index (κ3) is 16.3. The molecule has 2 aliphatic carbocycles. The number of hydrogen-bond acceptors (Lipinski definition) is 2. The lowest BCUT2D eigenvalue weighted by Gasteiger charge is -2.29. The fraction of sp³-hybridized carbons (Fsp3) is 0.324. The molecule has 408 valence electrons. The molecule has 0 amide bonds. The Bertz CT molecular complexity index is 2690. The topological polar surface area (TPSA) is 6.48 Å². The molecular weight excluding hydrogens is 917 g/mol. The van der Waals surface area contributed by atoms with E-state index in [2.05, 4.69) is 204 Å². The second-order valence-corrected chi connectivity index (χ2v) is 14.5. The van der Waals surface area contributed by atoms with Gasteiger partial charge in [0.2, 0.25) is 0 Å². The van der Waals surface area contributed by atoms with Crippen LogP contribution >= 0.6 is 0 Å². The van der Waals surface area contributed by atoms with Gasteiger partial charge in [0.15, 0.2) is 0 Å². The number of nitrogens with zero attached hydrogens (tertiary/aromatic N) is 2. The van der Waals surface area contributed by atoms with E-state index < -0.39 is 0 Å². The molecule has 2 heteroatoms. The smallest absolute Gasteiger partial charge is 0.0543 e. The molecule has 0 aromatic heterocycles. The number of fused-ring (bicyclic) bond motifs is 9. The highest BCUT2D eigenvalue weighted by Gasteiger charge is 2.27. The van der Waals surface area contributed by atoms with E-state index in [0.29, 0.717) is 0 Å². The van der Waals surface area contributed by atoms with Crippen LogP contribution in [0.3, 0.4) is 0 Å². The first-order chi connectivity index (χ1) is 37.8. The van der Waals surface area contributed by atoms with Crippen LogP contribution in [0, 0.1) is 0 Å². The summed E-state index contributed by atoms with van der Waals surface area (Å²) in [5.41, 5.74) is 17.9. The average molecular weight is 1020 g/mol. The van der Waals surface area contributed by atoms with Gasteiger partial charge in [0.1, 0.15) is 0 Å². The molecule has 0 atom stereocenters.